The van der Waals surface area contributed by atoms with E-state index in [4.69, 9.17) is 4.98 Å². The van der Waals surface area contributed by atoms with Crippen molar-refractivity contribution in [2.45, 2.75) is 161 Å². The lowest BCUT2D eigenvalue weighted by atomic mass is 9.51. The summed E-state index contributed by atoms with van der Waals surface area (Å²) in [6.45, 7) is 30.3. The molecule has 2 aromatic heterocycles. The first kappa shape index (κ1) is 27.7. The van der Waals surface area contributed by atoms with Gasteiger partial charge < -0.3 is 0 Å². The molecule has 3 nitrogen and oxygen atoms in total. The molecule has 5 heterocycles. The molecule has 7 rings (SSSR count). The van der Waals surface area contributed by atoms with Gasteiger partial charge in [0.1, 0.15) is 11.1 Å². The molecule has 41 heavy (non-hydrogen) atoms. The third-order valence-corrected chi connectivity index (χ3v) is 15.1. The van der Waals surface area contributed by atoms with Crippen molar-refractivity contribution in [2.75, 3.05) is 0 Å². The van der Waals surface area contributed by atoms with Gasteiger partial charge in [-0.3, -0.25) is 4.98 Å². The molecule has 4 atom stereocenters. The van der Waals surface area contributed by atoms with Crippen LogP contribution in [0.15, 0.2) is 24.4 Å². The topological polar surface area (TPSA) is 21.7 Å². The Morgan fingerprint density at radius 2 is 1.51 bits per heavy atom. The van der Waals surface area contributed by atoms with E-state index in [0.717, 1.165) is 6.42 Å². The fraction of sp³-hybridized carbons (Fsp3) is 0.684. The van der Waals surface area contributed by atoms with E-state index in [1.54, 1.807) is 11.1 Å². The highest BCUT2D eigenvalue weighted by Gasteiger charge is 2.68. The quantitative estimate of drug-likeness (QED) is 0.228. The summed E-state index contributed by atoms with van der Waals surface area (Å²) in [5.41, 5.74) is 10.5. The average molecular weight is 553 g/mol. The van der Waals surface area contributed by atoms with Crippen molar-refractivity contribution in [1.82, 2.24) is 9.55 Å². The minimum Gasteiger partial charge on any atom is -0.260 e. The molecule has 3 aromatic rings. The number of imidazole rings is 1. The zero-order chi connectivity index (χ0) is 29.8. The second-order valence-corrected chi connectivity index (χ2v) is 16.9. The summed E-state index contributed by atoms with van der Waals surface area (Å²) in [5, 5.41) is 0. The van der Waals surface area contributed by atoms with Crippen LogP contribution in [0.1, 0.15) is 150 Å². The molecule has 1 aromatic carbocycles. The van der Waals surface area contributed by atoms with Gasteiger partial charge in [0.2, 0.25) is 0 Å². The molecule has 0 spiro atoms. The first-order valence-electron chi connectivity index (χ1n) is 16.7. The van der Waals surface area contributed by atoms with E-state index < -0.39 is 0 Å². The third-order valence-electron chi connectivity index (χ3n) is 15.1. The maximum absolute atomic E-state index is 5.19. The van der Waals surface area contributed by atoms with Crippen molar-refractivity contribution in [3.8, 4) is 11.4 Å². The minimum absolute atomic E-state index is 0.000400. The summed E-state index contributed by atoms with van der Waals surface area (Å²) in [4.78, 5) is 5.19. The van der Waals surface area contributed by atoms with Crippen molar-refractivity contribution < 1.29 is 4.57 Å². The van der Waals surface area contributed by atoms with Crippen LogP contribution in [-0.2, 0) is 32.7 Å². The van der Waals surface area contributed by atoms with Gasteiger partial charge in [-0.2, -0.15) is 0 Å². The Morgan fingerprint density at radius 1 is 0.805 bits per heavy atom. The van der Waals surface area contributed by atoms with Crippen molar-refractivity contribution >= 4 is 11.0 Å². The van der Waals surface area contributed by atoms with E-state index in [0.29, 0.717) is 0 Å². The van der Waals surface area contributed by atoms with Crippen LogP contribution >= 0.6 is 0 Å². The molecule has 0 N–H and O–H groups in total. The molecule has 0 fully saturated rings. The summed E-state index contributed by atoms with van der Waals surface area (Å²) in [5.74, 6) is 1.41. The Kier molecular flexibility index (Phi) is 5.17. The first-order chi connectivity index (χ1) is 19.0. The number of pyridine rings is 1. The molecular weight excluding hydrogens is 498 g/mol. The standard InChI is InChI=1S/C38H54N3/c1-13-15-16-18-36(10)26-23-27-28-22-25(26)32(3,4)37(36,11)19-20-38(12)35(9,14-2)24-17-21-39-30-29(24)31(41(28)38)40(27)34(7,8)33(30,5)6/h17,21-23H,13-16,18-20H2,1-12H3/q+1. The zero-order valence-electron chi connectivity index (χ0n) is 28.1. The van der Waals surface area contributed by atoms with Crippen molar-refractivity contribution in [3.63, 3.8) is 0 Å². The fourth-order valence-electron chi connectivity index (χ4n) is 10.7. The second-order valence-electron chi connectivity index (χ2n) is 16.9. The predicted octanol–water partition coefficient (Wildman–Crippen LogP) is 9.34. The van der Waals surface area contributed by atoms with Gasteiger partial charge in [0, 0.05) is 11.6 Å². The largest absolute Gasteiger partial charge is 0.292 e. The molecule has 0 saturated carbocycles. The van der Waals surface area contributed by atoms with Crippen LogP contribution in [0.3, 0.4) is 0 Å². The number of hydrogen-bond acceptors (Lipinski definition) is 1. The van der Waals surface area contributed by atoms with Gasteiger partial charge in [-0.1, -0.05) is 67.7 Å². The summed E-state index contributed by atoms with van der Waals surface area (Å²) in [7, 11) is 0. The van der Waals surface area contributed by atoms with Crippen molar-refractivity contribution in [3.05, 3.63) is 46.8 Å². The third kappa shape index (κ3) is 2.63. The molecule has 220 valence electrons. The molecule has 0 radical (unpaired) electrons. The lowest BCUT2D eigenvalue weighted by Crippen LogP contribution is -2.69. The summed E-state index contributed by atoms with van der Waals surface area (Å²) < 4.78 is 5.63. The fourth-order valence-corrected chi connectivity index (χ4v) is 10.7. The maximum atomic E-state index is 5.19. The van der Waals surface area contributed by atoms with Gasteiger partial charge in [-0.25, -0.2) is 9.13 Å². The molecule has 0 amide bonds. The first-order valence-corrected chi connectivity index (χ1v) is 16.7. The van der Waals surface area contributed by atoms with E-state index in [2.05, 4.69) is 117 Å². The summed E-state index contributed by atoms with van der Waals surface area (Å²) in [6, 6.07) is 7.76. The molecular formula is C38H54N3+. The monoisotopic (exact) mass is 552 g/mol. The molecule has 4 aliphatic rings. The molecule has 3 heteroatoms. The second kappa shape index (κ2) is 7.67. The van der Waals surface area contributed by atoms with E-state index in [9.17, 15) is 0 Å². The molecule has 1 aliphatic carbocycles. The number of nitrogens with zero attached hydrogens (tertiary/aromatic N) is 3. The van der Waals surface area contributed by atoms with Gasteiger partial charge in [-0.05, 0) is 111 Å². The van der Waals surface area contributed by atoms with Crippen LogP contribution in [0.5, 0.6) is 0 Å². The van der Waals surface area contributed by atoms with E-state index in [1.807, 2.05) is 0 Å². The lowest BCUT2D eigenvalue weighted by Gasteiger charge is -2.54. The van der Waals surface area contributed by atoms with E-state index >= 15 is 0 Å². The number of hydrogen-bond donors (Lipinski definition) is 0. The smallest absolute Gasteiger partial charge is 0.260 e. The number of rotatable bonds is 5. The van der Waals surface area contributed by atoms with Gasteiger partial charge in [0.05, 0.1) is 16.7 Å². The van der Waals surface area contributed by atoms with Crippen LogP contribution in [0, 0.1) is 5.41 Å². The van der Waals surface area contributed by atoms with E-state index in [1.165, 1.54) is 72.2 Å². The van der Waals surface area contributed by atoms with Gasteiger partial charge in [0.15, 0.2) is 11.0 Å². The number of unbranched alkanes of at least 4 members (excludes halogenated alkanes) is 2. The van der Waals surface area contributed by atoms with Crippen LogP contribution in [-0.4, -0.2) is 9.55 Å². The number of aromatic nitrogens is 3. The Bertz CT molecular complexity index is 1630. The van der Waals surface area contributed by atoms with Crippen LogP contribution < -0.4 is 4.57 Å². The lowest BCUT2D eigenvalue weighted by molar-refractivity contribution is -0.744. The van der Waals surface area contributed by atoms with Gasteiger partial charge >= 0.3 is 0 Å². The van der Waals surface area contributed by atoms with Crippen LogP contribution in [0.4, 0.5) is 0 Å². The molecule has 4 unspecified atom stereocenters. The van der Waals surface area contributed by atoms with Crippen molar-refractivity contribution in [2.24, 2.45) is 5.41 Å². The normalized spacial score (nSPS) is 34.6. The SMILES string of the molecule is CCCCCC1(C)c2cc3c4cc2C(C)(C)C1(C)CCC1(C)[n+]4c2n3C(C)(C)C(C)(C)c3nccc(c3-2)C1(C)CC. The predicted molar refractivity (Wildman–Crippen MR) is 171 cm³/mol. The van der Waals surface area contributed by atoms with Gasteiger partial charge in [-0.15, -0.1) is 0 Å². The summed E-state index contributed by atoms with van der Waals surface area (Å²) in [6.07, 6.45) is 10.8. The van der Waals surface area contributed by atoms with Crippen molar-refractivity contribution in [1.29, 1.82) is 0 Å². The highest BCUT2D eigenvalue weighted by molar-refractivity contribution is 5.84. The highest BCUT2D eigenvalue weighted by atomic mass is 15.3. The average Bonchev–Trinajstić information content (AvgIpc) is 3.33. The summed E-state index contributed by atoms with van der Waals surface area (Å²) >= 11 is 0. The van der Waals surface area contributed by atoms with Crippen LogP contribution in [0.2, 0.25) is 0 Å². The highest BCUT2D eigenvalue weighted by Crippen LogP contribution is 2.68. The number of benzene rings is 1. The molecule has 3 bridgehead atoms. The zero-order valence-corrected chi connectivity index (χ0v) is 28.1. The Morgan fingerprint density at radius 3 is 2.17 bits per heavy atom. The number of fused-ring (bicyclic) bond motifs is 2. The Hall–Kier alpha value is -2.16. The van der Waals surface area contributed by atoms with E-state index in [-0.39, 0.29) is 38.2 Å². The molecule has 0 saturated heterocycles. The Balaban J connectivity index is 1.71. The minimum atomic E-state index is -0.135. The van der Waals surface area contributed by atoms with Gasteiger partial charge in [0.25, 0.3) is 5.82 Å². The molecule has 3 aliphatic heterocycles. The Labute approximate surface area is 249 Å². The maximum Gasteiger partial charge on any atom is 0.292 e. The van der Waals surface area contributed by atoms with Crippen LogP contribution in [0.25, 0.3) is 22.4 Å².